The van der Waals surface area contributed by atoms with Crippen molar-refractivity contribution in [1.82, 2.24) is 4.57 Å². The number of aromatic hydroxyl groups is 1. The van der Waals surface area contributed by atoms with E-state index in [2.05, 4.69) is 35.8 Å². The van der Waals surface area contributed by atoms with Crippen molar-refractivity contribution in [2.75, 3.05) is 5.73 Å². The molecule has 3 N–H and O–H groups in total. The highest BCUT2D eigenvalue weighted by Gasteiger charge is 2.29. The highest BCUT2D eigenvalue weighted by atomic mass is 79.9. The topological polar surface area (TPSA) is 72.1 Å². The number of nitrogens with two attached hydrogens (primary N) is 1. The third-order valence-corrected chi connectivity index (χ3v) is 6.83. The summed E-state index contributed by atoms with van der Waals surface area (Å²) in [6.45, 7) is 15.1. The molecule has 4 aromatic rings. The first-order chi connectivity index (χ1) is 16.8. The molecule has 3 aromatic carbocycles. The van der Waals surface area contributed by atoms with E-state index in [9.17, 15) is 9.90 Å². The SMILES string of the molecule is Cc1ccc(C[n+]2c(N)n(CC(=O)c3cc(C(C)(C)C)c(O)c(C(C)(C)C)c3)c3ccccc32)cc1.[Br-]. The highest BCUT2D eigenvalue weighted by Crippen LogP contribution is 2.40. The number of rotatable bonds is 5. The Kier molecular flexibility index (Phi) is 7.94. The Balaban J connectivity index is 0.00000380. The van der Waals surface area contributed by atoms with E-state index < -0.39 is 0 Å². The maximum atomic E-state index is 13.7. The first-order valence-electron chi connectivity index (χ1n) is 12.5. The van der Waals surface area contributed by atoms with Gasteiger partial charge >= 0.3 is 5.95 Å². The minimum atomic E-state index is -0.309. The lowest BCUT2D eigenvalue weighted by molar-refractivity contribution is -0.648. The normalized spacial score (nSPS) is 12.0. The third-order valence-electron chi connectivity index (χ3n) is 6.83. The van der Waals surface area contributed by atoms with Crippen molar-refractivity contribution in [3.63, 3.8) is 0 Å². The van der Waals surface area contributed by atoms with Crippen LogP contribution in [0.2, 0.25) is 0 Å². The van der Waals surface area contributed by atoms with Crippen LogP contribution in [0.15, 0.2) is 60.7 Å². The second-order valence-corrected chi connectivity index (χ2v) is 11.8. The number of imidazole rings is 1. The van der Waals surface area contributed by atoms with Crippen molar-refractivity contribution in [3.8, 4) is 5.75 Å². The lowest BCUT2D eigenvalue weighted by Gasteiger charge is -2.28. The fourth-order valence-corrected chi connectivity index (χ4v) is 4.70. The number of Topliss-reactive ketones (excluding diaryl/α,β-unsaturated/α-hetero) is 1. The molecule has 0 aliphatic carbocycles. The maximum absolute atomic E-state index is 13.7. The summed E-state index contributed by atoms with van der Waals surface area (Å²) in [6.07, 6.45) is 0. The molecule has 0 unspecified atom stereocenters. The summed E-state index contributed by atoms with van der Waals surface area (Å²) in [7, 11) is 0. The summed E-state index contributed by atoms with van der Waals surface area (Å²) < 4.78 is 3.96. The van der Waals surface area contributed by atoms with Crippen molar-refractivity contribution >= 4 is 22.8 Å². The Morgan fingerprint density at radius 2 is 1.46 bits per heavy atom. The number of carbonyl (C=O) groups is 1. The lowest BCUT2D eigenvalue weighted by Crippen LogP contribution is -3.00. The average Bonchev–Trinajstić information content (AvgIpc) is 3.05. The molecule has 0 aliphatic rings. The van der Waals surface area contributed by atoms with Crippen molar-refractivity contribution in [1.29, 1.82) is 0 Å². The lowest BCUT2D eigenvalue weighted by atomic mass is 9.78. The van der Waals surface area contributed by atoms with Crippen LogP contribution in [0.4, 0.5) is 5.95 Å². The van der Waals surface area contributed by atoms with Gasteiger partial charge in [0.25, 0.3) is 0 Å². The molecule has 5 nitrogen and oxygen atoms in total. The van der Waals surface area contributed by atoms with Crippen LogP contribution in [-0.2, 0) is 23.9 Å². The van der Waals surface area contributed by atoms with Crippen LogP contribution in [0.25, 0.3) is 11.0 Å². The zero-order chi connectivity index (χ0) is 26.4. The molecule has 0 bridgehead atoms. The van der Waals surface area contributed by atoms with E-state index in [1.807, 2.05) is 82.5 Å². The van der Waals surface area contributed by atoms with E-state index in [4.69, 9.17) is 5.73 Å². The number of hydrogen-bond acceptors (Lipinski definition) is 3. The number of ketones is 1. The number of phenolic OH excluding ortho intramolecular Hbond substituents is 1. The van der Waals surface area contributed by atoms with Gasteiger partial charge in [-0.25, -0.2) is 9.13 Å². The van der Waals surface area contributed by atoms with Gasteiger partial charge in [0.05, 0.1) is 6.54 Å². The molecule has 0 saturated heterocycles. The number of halogens is 1. The minimum absolute atomic E-state index is 0. The van der Waals surface area contributed by atoms with E-state index in [0.29, 0.717) is 18.1 Å². The first kappa shape index (κ1) is 28.5. The average molecular weight is 565 g/mol. The second-order valence-electron chi connectivity index (χ2n) is 11.8. The van der Waals surface area contributed by atoms with Gasteiger partial charge in [-0.2, -0.15) is 0 Å². The van der Waals surface area contributed by atoms with Crippen LogP contribution in [0, 0.1) is 6.92 Å². The number of benzene rings is 3. The standard InChI is InChI=1S/C31H37N3O2.BrH/c1-20-12-14-21(15-13-20)18-33-25-10-8-9-11-26(25)34(29(33)32)19-27(35)22-16-23(30(2,3)4)28(36)24(17-22)31(5,6)7;/h8-17,32H,18-19H2,1-7H3,(H,35,36);1H. The Labute approximate surface area is 230 Å². The zero-order valence-electron chi connectivity index (χ0n) is 22.9. The number of aromatic nitrogens is 2. The van der Waals surface area contributed by atoms with E-state index in [-0.39, 0.29) is 45.9 Å². The summed E-state index contributed by atoms with van der Waals surface area (Å²) in [5, 5.41) is 11.1. The summed E-state index contributed by atoms with van der Waals surface area (Å²) in [5.74, 6) is 0.769. The molecule has 0 aliphatic heterocycles. The van der Waals surface area contributed by atoms with Crippen LogP contribution < -0.4 is 27.3 Å². The molecular weight excluding hydrogens is 526 g/mol. The molecule has 6 heteroatoms. The van der Waals surface area contributed by atoms with E-state index in [1.54, 1.807) is 0 Å². The van der Waals surface area contributed by atoms with Gasteiger partial charge in [-0.15, -0.1) is 0 Å². The third kappa shape index (κ3) is 5.74. The first-order valence-corrected chi connectivity index (χ1v) is 12.5. The number of para-hydroxylation sites is 2. The number of aryl methyl sites for hydroxylation is 1. The number of carbonyl (C=O) groups excluding carboxylic acids is 1. The number of anilines is 1. The minimum Gasteiger partial charge on any atom is -1.00 e. The fourth-order valence-electron chi connectivity index (χ4n) is 4.70. The number of nitrogens with zero attached hydrogens (tertiary/aromatic N) is 2. The van der Waals surface area contributed by atoms with Crippen LogP contribution in [0.5, 0.6) is 5.75 Å². The van der Waals surface area contributed by atoms with Gasteiger partial charge in [0.1, 0.15) is 23.3 Å². The van der Waals surface area contributed by atoms with Crippen LogP contribution in [0.3, 0.4) is 0 Å². The number of fused-ring (bicyclic) bond motifs is 1. The number of phenols is 1. The second kappa shape index (κ2) is 10.3. The Morgan fingerprint density at radius 3 is 2.00 bits per heavy atom. The van der Waals surface area contributed by atoms with Crippen LogP contribution in [0.1, 0.15) is 74.2 Å². The summed E-state index contributed by atoms with van der Waals surface area (Å²) in [5.41, 5.74) is 12.5. The summed E-state index contributed by atoms with van der Waals surface area (Å²) in [6, 6.07) is 20.1. The molecule has 37 heavy (non-hydrogen) atoms. The number of hydrogen-bond donors (Lipinski definition) is 2. The van der Waals surface area contributed by atoms with Crippen LogP contribution in [-0.4, -0.2) is 15.5 Å². The Bertz CT molecular complexity index is 1400. The predicted molar refractivity (Wildman–Crippen MR) is 147 cm³/mol. The largest absolute Gasteiger partial charge is 1.00 e. The molecule has 1 aromatic heterocycles. The van der Waals surface area contributed by atoms with Gasteiger partial charge in [-0.3, -0.25) is 10.5 Å². The summed E-state index contributed by atoms with van der Waals surface area (Å²) in [4.78, 5) is 13.7. The Morgan fingerprint density at radius 1 is 0.919 bits per heavy atom. The smallest absolute Gasteiger partial charge is 0.356 e. The monoisotopic (exact) mass is 563 g/mol. The highest BCUT2D eigenvalue weighted by molar-refractivity contribution is 5.97. The molecule has 0 saturated carbocycles. The number of nitrogen functional groups attached to an aromatic ring is 1. The molecular formula is C31H38BrN3O2. The van der Waals surface area contributed by atoms with Gasteiger partial charge < -0.3 is 22.1 Å². The molecule has 0 radical (unpaired) electrons. The molecule has 0 amide bonds. The quantitative estimate of drug-likeness (QED) is 0.289. The molecule has 1 heterocycles. The van der Waals surface area contributed by atoms with Gasteiger partial charge in [0.15, 0.2) is 5.78 Å². The van der Waals surface area contributed by atoms with E-state index in [1.165, 1.54) is 5.56 Å². The molecule has 0 atom stereocenters. The van der Waals surface area contributed by atoms with Gasteiger partial charge in [0, 0.05) is 16.7 Å². The van der Waals surface area contributed by atoms with Gasteiger partial charge in [0.2, 0.25) is 0 Å². The van der Waals surface area contributed by atoms with Crippen molar-refractivity contribution in [2.24, 2.45) is 0 Å². The Hall–Kier alpha value is -3.12. The van der Waals surface area contributed by atoms with Crippen LogP contribution >= 0.6 is 0 Å². The molecule has 196 valence electrons. The van der Waals surface area contributed by atoms with Crippen molar-refractivity contribution in [2.45, 2.75) is 72.4 Å². The maximum Gasteiger partial charge on any atom is 0.356 e. The summed E-state index contributed by atoms with van der Waals surface area (Å²) >= 11 is 0. The zero-order valence-corrected chi connectivity index (χ0v) is 24.5. The van der Waals surface area contributed by atoms with E-state index >= 15 is 0 Å². The van der Waals surface area contributed by atoms with Crippen molar-refractivity contribution in [3.05, 3.63) is 88.5 Å². The molecule has 4 rings (SSSR count). The van der Waals surface area contributed by atoms with Crippen molar-refractivity contribution < 1.29 is 31.4 Å². The van der Waals surface area contributed by atoms with Gasteiger partial charge in [-0.1, -0.05) is 83.5 Å². The molecule has 0 fully saturated rings. The van der Waals surface area contributed by atoms with Gasteiger partial charge in [-0.05, 0) is 47.6 Å². The predicted octanol–water partition coefficient (Wildman–Crippen LogP) is 3.06. The molecule has 0 spiro atoms. The van der Waals surface area contributed by atoms with E-state index in [0.717, 1.165) is 27.7 Å². The fraction of sp³-hybridized carbons (Fsp3) is 0.355.